The van der Waals surface area contributed by atoms with Crippen LogP contribution < -0.4 is 0 Å². The molecule has 0 aliphatic carbocycles. The SMILES string of the molecule is CC(C)(C)c1ccc(Cl)cc1.CCOC(=O)CC(CC(=O)CCl)c1ccc(Cl)cc1. The van der Waals surface area contributed by atoms with E-state index >= 15 is 0 Å². The van der Waals surface area contributed by atoms with Crippen LogP contribution >= 0.6 is 34.8 Å². The first kappa shape index (κ1) is 26.5. The van der Waals surface area contributed by atoms with Gasteiger partial charge in [-0.15, -0.1) is 11.6 Å². The molecular weight excluding hydrogens is 443 g/mol. The Morgan fingerprint density at radius 3 is 1.83 bits per heavy atom. The highest BCUT2D eigenvalue weighted by molar-refractivity contribution is 6.30. The van der Waals surface area contributed by atoms with Gasteiger partial charge in [-0.2, -0.15) is 0 Å². The fraction of sp³-hybridized carbons (Fsp3) is 0.417. The van der Waals surface area contributed by atoms with E-state index in [0.29, 0.717) is 11.6 Å². The second-order valence-corrected chi connectivity index (χ2v) is 9.03. The van der Waals surface area contributed by atoms with Gasteiger partial charge in [0.15, 0.2) is 0 Å². The van der Waals surface area contributed by atoms with E-state index in [4.69, 9.17) is 39.5 Å². The molecule has 2 aromatic rings. The number of alkyl halides is 1. The van der Waals surface area contributed by atoms with Gasteiger partial charge in [0.25, 0.3) is 0 Å². The van der Waals surface area contributed by atoms with Crippen molar-refractivity contribution >= 4 is 46.6 Å². The number of carbonyl (C=O) groups is 2. The van der Waals surface area contributed by atoms with Crippen LogP contribution in [-0.2, 0) is 19.7 Å². The van der Waals surface area contributed by atoms with Gasteiger partial charge in [0.1, 0.15) is 5.78 Å². The summed E-state index contributed by atoms with van der Waals surface area (Å²) in [5.74, 6) is -0.675. The van der Waals surface area contributed by atoms with Gasteiger partial charge in [0.2, 0.25) is 0 Å². The number of carbonyl (C=O) groups excluding carboxylic acids is 2. The fourth-order valence-corrected chi connectivity index (χ4v) is 3.10. The first-order chi connectivity index (χ1) is 14.1. The molecule has 1 unspecified atom stereocenters. The van der Waals surface area contributed by atoms with E-state index in [0.717, 1.165) is 10.6 Å². The van der Waals surface area contributed by atoms with Crippen molar-refractivity contribution in [3.05, 3.63) is 69.7 Å². The topological polar surface area (TPSA) is 43.4 Å². The van der Waals surface area contributed by atoms with Gasteiger partial charge >= 0.3 is 5.97 Å². The Morgan fingerprint density at radius 2 is 1.40 bits per heavy atom. The molecule has 0 spiro atoms. The lowest BCUT2D eigenvalue weighted by atomic mass is 9.87. The highest BCUT2D eigenvalue weighted by atomic mass is 35.5. The van der Waals surface area contributed by atoms with Crippen LogP contribution in [0.1, 0.15) is 57.6 Å². The van der Waals surface area contributed by atoms with Crippen molar-refractivity contribution in [2.24, 2.45) is 0 Å². The molecule has 2 aromatic carbocycles. The largest absolute Gasteiger partial charge is 0.466 e. The van der Waals surface area contributed by atoms with Crippen molar-refractivity contribution in [3.8, 4) is 0 Å². The first-order valence-electron chi connectivity index (χ1n) is 9.81. The molecule has 0 fully saturated rings. The van der Waals surface area contributed by atoms with Crippen molar-refractivity contribution in [3.63, 3.8) is 0 Å². The number of benzene rings is 2. The van der Waals surface area contributed by atoms with Crippen molar-refractivity contribution in [1.82, 2.24) is 0 Å². The maximum atomic E-state index is 11.6. The number of ketones is 1. The zero-order valence-corrected chi connectivity index (χ0v) is 20.2. The molecule has 0 N–H and O–H groups in total. The first-order valence-corrected chi connectivity index (χ1v) is 11.1. The zero-order valence-electron chi connectivity index (χ0n) is 17.9. The number of hydrogen-bond acceptors (Lipinski definition) is 3. The molecule has 0 amide bonds. The minimum Gasteiger partial charge on any atom is -0.466 e. The maximum Gasteiger partial charge on any atom is 0.306 e. The molecular formula is C24H29Cl3O3. The van der Waals surface area contributed by atoms with Gasteiger partial charge in [-0.25, -0.2) is 0 Å². The quantitative estimate of drug-likeness (QED) is 0.316. The van der Waals surface area contributed by atoms with Gasteiger partial charge in [-0.1, -0.05) is 68.2 Å². The summed E-state index contributed by atoms with van der Waals surface area (Å²) >= 11 is 17.1. The molecule has 1 atom stereocenters. The van der Waals surface area contributed by atoms with Crippen LogP contribution in [0, 0.1) is 0 Å². The molecule has 0 heterocycles. The molecule has 0 bridgehead atoms. The van der Waals surface area contributed by atoms with Crippen molar-refractivity contribution in [2.75, 3.05) is 12.5 Å². The Labute approximate surface area is 194 Å². The van der Waals surface area contributed by atoms with Gasteiger partial charge in [0.05, 0.1) is 18.9 Å². The van der Waals surface area contributed by atoms with Crippen LogP contribution in [0.15, 0.2) is 48.5 Å². The molecule has 0 radical (unpaired) electrons. The van der Waals surface area contributed by atoms with E-state index in [-0.39, 0.29) is 41.8 Å². The standard InChI is InChI=1S/C14H16Cl2O3.C10H13Cl/c1-2-19-14(18)8-11(7-13(17)9-15)10-3-5-12(16)6-4-10;1-10(2,3)8-4-6-9(11)7-5-8/h3-6,11H,2,7-9H2,1H3;4-7H,1-3H3. The van der Waals surface area contributed by atoms with E-state index in [1.54, 1.807) is 19.1 Å². The summed E-state index contributed by atoms with van der Waals surface area (Å²) in [4.78, 5) is 23.1. The summed E-state index contributed by atoms with van der Waals surface area (Å²) < 4.78 is 4.92. The minimum absolute atomic E-state index is 0.0487. The smallest absolute Gasteiger partial charge is 0.306 e. The molecule has 0 aliphatic rings. The summed E-state index contributed by atoms with van der Waals surface area (Å²) in [6, 6.07) is 15.1. The molecule has 3 nitrogen and oxygen atoms in total. The molecule has 30 heavy (non-hydrogen) atoms. The van der Waals surface area contributed by atoms with Gasteiger partial charge in [-0.05, 0) is 47.7 Å². The third kappa shape index (κ3) is 9.97. The second-order valence-electron chi connectivity index (χ2n) is 7.89. The van der Waals surface area contributed by atoms with E-state index in [9.17, 15) is 9.59 Å². The van der Waals surface area contributed by atoms with Gasteiger partial charge in [0, 0.05) is 22.4 Å². The monoisotopic (exact) mass is 470 g/mol. The van der Waals surface area contributed by atoms with Crippen molar-refractivity contribution in [2.45, 2.75) is 51.9 Å². The van der Waals surface area contributed by atoms with E-state index < -0.39 is 0 Å². The average Bonchev–Trinajstić information content (AvgIpc) is 2.68. The van der Waals surface area contributed by atoms with Crippen LogP contribution in [-0.4, -0.2) is 24.2 Å². The predicted octanol–water partition coefficient (Wildman–Crippen LogP) is 7.21. The predicted molar refractivity (Wildman–Crippen MR) is 126 cm³/mol. The molecule has 0 aromatic heterocycles. The lowest BCUT2D eigenvalue weighted by Gasteiger charge is -2.18. The summed E-state index contributed by atoms with van der Waals surface area (Å²) in [5.41, 5.74) is 2.43. The maximum absolute atomic E-state index is 11.6. The molecule has 2 rings (SSSR count). The minimum atomic E-state index is -0.315. The molecule has 0 aliphatic heterocycles. The third-order valence-corrected chi connectivity index (χ3v) is 5.20. The second kappa shape index (κ2) is 13.0. The summed E-state index contributed by atoms with van der Waals surface area (Å²) in [5, 5.41) is 1.42. The fourth-order valence-electron chi connectivity index (χ4n) is 2.74. The van der Waals surface area contributed by atoms with Gasteiger partial charge < -0.3 is 4.74 Å². The van der Waals surface area contributed by atoms with Crippen LogP contribution in [0.25, 0.3) is 0 Å². The Morgan fingerprint density at radius 1 is 0.900 bits per heavy atom. The third-order valence-electron chi connectivity index (χ3n) is 4.39. The van der Waals surface area contributed by atoms with Crippen molar-refractivity contribution in [1.29, 1.82) is 0 Å². The lowest BCUT2D eigenvalue weighted by molar-refractivity contribution is -0.143. The highest BCUT2D eigenvalue weighted by Gasteiger charge is 2.20. The number of esters is 1. The van der Waals surface area contributed by atoms with E-state index in [2.05, 4.69) is 32.9 Å². The number of ether oxygens (including phenoxy) is 1. The summed E-state index contributed by atoms with van der Waals surface area (Å²) in [6.07, 6.45) is 0.391. The average molecular weight is 472 g/mol. The molecule has 164 valence electrons. The van der Waals surface area contributed by atoms with Crippen molar-refractivity contribution < 1.29 is 14.3 Å². The Hall–Kier alpha value is -1.55. The summed E-state index contributed by atoms with van der Waals surface area (Å²) in [7, 11) is 0. The molecule has 6 heteroatoms. The summed E-state index contributed by atoms with van der Waals surface area (Å²) in [6.45, 7) is 8.65. The van der Waals surface area contributed by atoms with E-state index in [1.807, 2.05) is 24.3 Å². The van der Waals surface area contributed by atoms with E-state index in [1.165, 1.54) is 5.56 Å². The zero-order chi connectivity index (χ0) is 22.7. The molecule has 0 saturated carbocycles. The number of Topliss-reactive ketones (excluding diaryl/α,β-unsaturated/α-hetero) is 1. The Balaban J connectivity index is 0.000000346. The number of halogens is 3. The number of rotatable bonds is 7. The Kier molecular flexibility index (Phi) is 11.5. The van der Waals surface area contributed by atoms with Crippen LogP contribution in [0.4, 0.5) is 0 Å². The van der Waals surface area contributed by atoms with Crippen LogP contribution in [0.2, 0.25) is 10.0 Å². The number of hydrogen-bond donors (Lipinski definition) is 0. The lowest BCUT2D eigenvalue weighted by Crippen LogP contribution is -2.14. The van der Waals surface area contributed by atoms with Gasteiger partial charge in [-0.3, -0.25) is 9.59 Å². The van der Waals surface area contributed by atoms with Crippen LogP contribution in [0.3, 0.4) is 0 Å². The highest BCUT2D eigenvalue weighted by Crippen LogP contribution is 2.26. The van der Waals surface area contributed by atoms with Crippen LogP contribution in [0.5, 0.6) is 0 Å². The molecule has 0 saturated heterocycles. The Bertz CT molecular complexity index is 794. The normalized spacial score (nSPS) is 11.8.